The van der Waals surface area contributed by atoms with Crippen LogP contribution in [-0.4, -0.2) is 29.0 Å². The summed E-state index contributed by atoms with van der Waals surface area (Å²) in [7, 11) is -3.88. The molecule has 0 aliphatic rings. The van der Waals surface area contributed by atoms with Gasteiger partial charge in [0, 0.05) is 0 Å². The van der Waals surface area contributed by atoms with Gasteiger partial charge in [0.2, 0.25) is 10.0 Å². The third kappa shape index (κ3) is 3.03. The Morgan fingerprint density at radius 3 is 2.47 bits per heavy atom. The van der Waals surface area contributed by atoms with Crippen molar-refractivity contribution in [2.24, 2.45) is 0 Å². The van der Waals surface area contributed by atoms with E-state index in [9.17, 15) is 8.42 Å². The van der Waals surface area contributed by atoms with Gasteiger partial charge in [0.1, 0.15) is 4.90 Å². The number of nitrogens with zero attached hydrogens (tertiary/aromatic N) is 3. The molecule has 0 aliphatic heterocycles. The average Bonchev–Trinajstić information content (AvgIpc) is 2.80. The molecule has 10 heteroatoms. The highest BCUT2D eigenvalue weighted by Gasteiger charge is 2.25. The normalized spacial score (nSPS) is 13.4. The zero-order chi connectivity index (χ0) is 14.0. The number of tetrazole rings is 1. The van der Waals surface area contributed by atoms with E-state index in [1.54, 1.807) is 13.0 Å². The van der Waals surface area contributed by atoms with E-state index in [1.165, 1.54) is 12.1 Å². The Morgan fingerprint density at radius 2 is 1.95 bits per heavy atom. The van der Waals surface area contributed by atoms with Crippen LogP contribution >= 0.6 is 23.2 Å². The molecule has 0 radical (unpaired) electrons. The van der Waals surface area contributed by atoms with Gasteiger partial charge >= 0.3 is 0 Å². The van der Waals surface area contributed by atoms with E-state index in [2.05, 4.69) is 25.3 Å². The van der Waals surface area contributed by atoms with Crippen LogP contribution in [0.2, 0.25) is 10.0 Å². The topological polar surface area (TPSA) is 101 Å². The summed E-state index contributed by atoms with van der Waals surface area (Å²) in [6, 6.07) is 3.78. The molecule has 0 fully saturated rings. The van der Waals surface area contributed by atoms with E-state index in [1.807, 2.05) is 0 Å². The average molecular weight is 322 g/mol. The summed E-state index contributed by atoms with van der Waals surface area (Å²) < 4.78 is 26.8. The molecule has 0 spiro atoms. The minimum absolute atomic E-state index is 0.0420. The Labute approximate surface area is 119 Å². The van der Waals surface area contributed by atoms with Gasteiger partial charge in [-0.3, -0.25) is 0 Å². The molecule has 1 aromatic carbocycles. The van der Waals surface area contributed by atoms with Crippen molar-refractivity contribution in [1.29, 1.82) is 0 Å². The molecule has 2 N–H and O–H groups in total. The second-order valence-corrected chi connectivity index (χ2v) is 6.13. The molecular formula is C9H9Cl2N5O2S. The van der Waals surface area contributed by atoms with Gasteiger partial charge in [-0.05, 0) is 19.1 Å². The molecule has 0 saturated carbocycles. The van der Waals surface area contributed by atoms with Crippen molar-refractivity contribution in [3.8, 4) is 0 Å². The summed E-state index contributed by atoms with van der Waals surface area (Å²) in [6.45, 7) is 1.58. The first-order chi connectivity index (χ1) is 8.92. The number of hydrogen-bond acceptors (Lipinski definition) is 5. The van der Waals surface area contributed by atoms with Crippen LogP contribution in [-0.2, 0) is 10.0 Å². The predicted molar refractivity (Wildman–Crippen MR) is 69.4 cm³/mol. The van der Waals surface area contributed by atoms with Crippen LogP contribution in [0.5, 0.6) is 0 Å². The highest BCUT2D eigenvalue weighted by atomic mass is 35.5. The Balaban J connectivity index is 2.33. The second-order valence-electron chi connectivity index (χ2n) is 3.66. The zero-order valence-corrected chi connectivity index (χ0v) is 12.0. The van der Waals surface area contributed by atoms with Gasteiger partial charge in [0.25, 0.3) is 0 Å². The summed E-state index contributed by atoms with van der Waals surface area (Å²) in [5.41, 5.74) is 0. The van der Waals surface area contributed by atoms with Crippen LogP contribution in [0.25, 0.3) is 0 Å². The number of nitrogens with one attached hydrogen (secondary N) is 2. The Hall–Kier alpha value is -1.22. The number of aromatic nitrogens is 4. The molecule has 2 aromatic rings. The number of aromatic amines is 1. The molecule has 1 heterocycles. The first-order valence-corrected chi connectivity index (χ1v) is 7.35. The van der Waals surface area contributed by atoms with Gasteiger partial charge in [-0.15, -0.1) is 10.2 Å². The summed E-state index contributed by atoms with van der Waals surface area (Å²) in [4.78, 5) is -0.173. The Morgan fingerprint density at radius 1 is 1.32 bits per heavy atom. The highest BCUT2D eigenvalue weighted by Crippen LogP contribution is 2.29. The van der Waals surface area contributed by atoms with Crippen molar-refractivity contribution in [3.05, 3.63) is 34.1 Å². The molecule has 1 unspecified atom stereocenters. The summed E-state index contributed by atoms with van der Waals surface area (Å²) in [5.74, 6) is 0.215. The van der Waals surface area contributed by atoms with Crippen molar-refractivity contribution < 1.29 is 8.42 Å². The fourth-order valence-corrected chi connectivity index (χ4v) is 3.78. The van der Waals surface area contributed by atoms with Crippen molar-refractivity contribution in [3.63, 3.8) is 0 Å². The van der Waals surface area contributed by atoms with Crippen molar-refractivity contribution >= 4 is 33.2 Å². The van der Waals surface area contributed by atoms with E-state index < -0.39 is 16.1 Å². The first-order valence-electron chi connectivity index (χ1n) is 5.11. The van der Waals surface area contributed by atoms with Crippen LogP contribution in [0.1, 0.15) is 18.8 Å². The molecule has 102 valence electrons. The summed E-state index contributed by atoms with van der Waals surface area (Å²) >= 11 is 11.7. The maximum Gasteiger partial charge on any atom is 0.244 e. The fraction of sp³-hybridized carbons (Fsp3) is 0.222. The van der Waals surface area contributed by atoms with Crippen LogP contribution in [0.15, 0.2) is 23.1 Å². The molecule has 1 aromatic heterocycles. The number of sulfonamides is 1. The number of halogens is 2. The minimum Gasteiger partial charge on any atom is -0.207 e. The van der Waals surface area contributed by atoms with E-state index in [-0.39, 0.29) is 20.8 Å². The smallest absolute Gasteiger partial charge is 0.207 e. The number of rotatable bonds is 4. The van der Waals surface area contributed by atoms with Crippen molar-refractivity contribution in [2.45, 2.75) is 17.9 Å². The quantitative estimate of drug-likeness (QED) is 0.889. The summed E-state index contributed by atoms with van der Waals surface area (Å²) in [5, 5.41) is 13.1. The van der Waals surface area contributed by atoms with Gasteiger partial charge in [-0.2, -0.15) is 5.21 Å². The van der Waals surface area contributed by atoms with Gasteiger partial charge in [-0.25, -0.2) is 13.1 Å². The van der Waals surface area contributed by atoms with Crippen molar-refractivity contribution in [2.75, 3.05) is 0 Å². The third-order valence-electron chi connectivity index (χ3n) is 2.27. The lowest BCUT2D eigenvalue weighted by molar-refractivity contribution is 0.560. The maximum absolute atomic E-state index is 12.2. The van der Waals surface area contributed by atoms with Gasteiger partial charge < -0.3 is 0 Å². The predicted octanol–water partition coefficient (Wildman–Crippen LogP) is 1.55. The SMILES string of the molecule is CC(NS(=O)(=O)c1c(Cl)cccc1Cl)c1nn[nH]n1. The fourth-order valence-electron chi connectivity index (χ4n) is 1.44. The van der Waals surface area contributed by atoms with Gasteiger partial charge in [-0.1, -0.05) is 34.5 Å². The Bertz CT molecular complexity index is 654. The van der Waals surface area contributed by atoms with E-state index in [0.29, 0.717) is 0 Å². The lowest BCUT2D eigenvalue weighted by atomic mass is 10.3. The Kier molecular flexibility index (Phi) is 4.04. The molecule has 0 aliphatic carbocycles. The van der Waals surface area contributed by atoms with Gasteiger partial charge in [0.05, 0.1) is 16.1 Å². The molecule has 2 rings (SSSR count). The van der Waals surface area contributed by atoms with Crippen LogP contribution in [0.3, 0.4) is 0 Å². The molecule has 19 heavy (non-hydrogen) atoms. The van der Waals surface area contributed by atoms with Gasteiger partial charge in [0.15, 0.2) is 5.82 Å². The van der Waals surface area contributed by atoms with Crippen LogP contribution in [0.4, 0.5) is 0 Å². The molecular weight excluding hydrogens is 313 g/mol. The van der Waals surface area contributed by atoms with E-state index in [0.717, 1.165) is 0 Å². The van der Waals surface area contributed by atoms with E-state index >= 15 is 0 Å². The number of hydrogen-bond donors (Lipinski definition) is 2. The third-order valence-corrected chi connectivity index (χ3v) is 4.76. The largest absolute Gasteiger partial charge is 0.244 e. The maximum atomic E-state index is 12.2. The lowest BCUT2D eigenvalue weighted by Gasteiger charge is -2.12. The second kappa shape index (κ2) is 5.41. The molecule has 1 atom stereocenters. The lowest BCUT2D eigenvalue weighted by Crippen LogP contribution is -2.28. The highest BCUT2D eigenvalue weighted by molar-refractivity contribution is 7.89. The molecule has 0 bridgehead atoms. The number of H-pyrrole nitrogens is 1. The van der Waals surface area contributed by atoms with Crippen LogP contribution in [0, 0.1) is 0 Å². The monoisotopic (exact) mass is 321 g/mol. The zero-order valence-electron chi connectivity index (χ0n) is 9.63. The first kappa shape index (κ1) is 14.2. The molecule has 0 amide bonds. The standard InChI is InChI=1S/C9H9Cl2N5O2S/c1-5(9-12-15-16-13-9)14-19(17,18)8-6(10)3-2-4-7(8)11/h2-5,14H,1H3,(H,12,13,15,16). The van der Waals surface area contributed by atoms with Crippen molar-refractivity contribution in [1.82, 2.24) is 25.3 Å². The van der Waals surface area contributed by atoms with E-state index in [4.69, 9.17) is 23.2 Å². The summed E-state index contributed by atoms with van der Waals surface area (Å²) in [6.07, 6.45) is 0. The molecule has 7 nitrogen and oxygen atoms in total. The number of benzene rings is 1. The molecule has 0 saturated heterocycles. The minimum atomic E-state index is -3.88. The van der Waals surface area contributed by atoms with Crippen LogP contribution < -0.4 is 4.72 Å².